The van der Waals surface area contributed by atoms with Crippen LogP contribution in [0.2, 0.25) is 0 Å². The Morgan fingerprint density at radius 2 is 1.93 bits per heavy atom. The molecule has 3 nitrogen and oxygen atoms in total. The number of esters is 1. The molecule has 1 heterocycles. The van der Waals surface area contributed by atoms with Crippen molar-refractivity contribution in [2.45, 2.75) is 84.7 Å². The van der Waals surface area contributed by atoms with E-state index in [1.54, 1.807) is 12.4 Å². The minimum Gasteiger partial charge on any atom is -0.458 e. The molecule has 148 valence electrons. The Bertz CT molecular complexity index is 740. The second-order valence-electron chi connectivity index (χ2n) is 10.9. The van der Waals surface area contributed by atoms with Gasteiger partial charge in [0.25, 0.3) is 0 Å². The predicted molar refractivity (Wildman–Crippen MR) is 107 cm³/mol. The molecule has 27 heavy (non-hydrogen) atoms. The number of carbonyl (C=O) groups is 1. The summed E-state index contributed by atoms with van der Waals surface area (Å²) in [6, 6.07) is 3.86. The number of hydrogen-bond donors (Lipinski definition) is 0. The van der Waals surface area contributed by atoms with Crippen LogP contribution < -0.4 is 0 Å². The van der Waals surface area contributed by atoms with Crippen molar-refractivity contribution in [3.05, 3.63) is 30.1 Å². The van der Waals surface area contributed by atoms with Crippen molar-refractivity contribution in [2.24, 2.45) is 28.6 Å². The van der Waals surface area contributed by atoms with Crippen molar-refractivity contribution in [2.75, 3.05) is 0 Å². The van der Waals surface area contributed by atoms with E-state index in [1.165, 1.54) is 25.7 Å². The molecule has 3 fully saturated rings. The van der Waals surface area contributed by atoms with Gasteiger partial charge in [0.05, 0.1) is 5.41 Å². The molecule has 3 aliphatic carbocycles. The van der Waals surface area contributed by atoms with Gasteiger partial charge in [0, 0.05) is 18.3 Å². The summed E-state index contributed by atoms with van der Waals surface area (Å²) in [4.78, 5) is 17.5. The molecule has 3 aliphatic rings. The molecule has 4 rings (SSSR count). The highest BCUT2D eigenvalue weighted by Gasteiger charge is 2.69. The van der Waals surface area contributed by atoms with Crippen molar-refractivity contribution >= 4 is 5.97 Å². The molecule has 1 aromatic rings. The lowest BCUT2D eigenvalue weighted by molar-refractivity contribution is -0.179. The van der Waals surface area contributed by atoms with Gasteiger partial charge in [-0.3, -0.25) is 9.78 Å². The van der Waals surface area contributed by atoms with Crippen LogP contribution >= 0.6 is 0 Å². The number of pyridine rings is 1. The van der Waals surface area contributed by atoms with Crippen LogP contribution in [0.4, 0.5) is 0 Å². The molecule has 3 heteroatoms. The van der Waals surface area contributed by atoms with Gasteiger partial charge < -0.3 is 4.74 Å². The van der Waals surface area contributed by atoms with Gasteiger partial charge in [0.2, 0.25) is 0 Å². The monoisotopic (exact) mass is 369 g/mol. The third-order valence-corrected chi connectivity index (χ3v) is 8.99. The summed E-state index contributed by atoms with van der Waals surface area (Å²) < 4.78 is 6.39. The Morgan fingerprint density at radius 1 is 1.19 bits per heavy atom. The van der Waals surface area contributed by atoms with E-state index in [4.69, 9.17) is 4.74 Å². The zero-order valence-corrected chi connectivity index (χ0v) is 17.8. The summed E-state index contributed by atoms with van der Waals surface area (Å²) >= 11 is 0. The molecule has 2 bridgehead atoms. The van der Waals surface area contributed by atoms with Crippen LogP contribution in [0.3, 0.4) is 0 Å². The van der Waals surface area contributed by atoms with E-state index in [1.807, 2.05) is 26.0 Å². The summed E-state index contributed by atoms with van der Waals surface area (Å²) in [6.07, 6.45) is 9.66. The zero-order chi connectivity index (χ0) is 19.7. The maximum absolute atomic E-state index is 13.3. The minimum absolute atomic E-state index is 0.116. The van der Waals surface area contributed by atoms with Crippen LogP contribution in [0.5, 0.6) is 0 Å². The first-order chi connectivity index (χ1) is 12.5. The van der Waals surface area contributed by atoms with Gasteiger partial charge in [-0.05, 0) is 87.2 Å². The number of fused-ring (bicyclic) bond motifs is 1. The Hall–Kier alpha value is -1.38. The van der Waals surface area contributed by atoms with Crippen LogP contribution in [-0.2, 0) is 14.9 Å². The number of nitrogens with zero attached hydrogens (tertiary/aromatic N) is 1. The molecular formula is C24H35NO2. The fraction of sp³-hybridized carbons (Fsp3) is 0.750. The van der Waals surface area contributed by atoms with E-state index >= 15 is 0 Å². The van der Waals surface area contributed by atoms with Crippen molar-refractivity contribution < 1.29 is 9.53 Å². The summed E-state index contributed by atoms with van der Waals surface area (Å²) in [5.74, 6) is 1.91. The lowest BCUT2D eigenvalue weighted by Crippen LogP contribution is -2.50. The Kier molecular flexibility index (Phi) is 4.08. The van der Waals surface area contributed by atoms with Gasteiger partial charge in [-0.1, -0.05) is 26.8 Å². The molecule has 1 spiro atoms. The molecule has 0 radical (unpaired) electrons. The maximum Gasteiger partial charge on any atom is 0.316 e. The topological polar surface area (TPSA) is 39.2 Å². The van der Waals surface area contributed by atoms with E-state index in [0.717, 1.165) is 23.8 Å². The normalized spacial score (nSPS) is 39.9. The van der Waals surface area contributed by atoms with Crippen LogP contribution in [0.1, 0.15) is 79.2 Å². The molecule has 0 aliphatic heterocycles. The smallest absolute Gasteiger partial charge is 0.316 e. The van der Waals surface area contributed by atoms with Crippen molar-refractivity contribution in [1.82, 2.24) is 4.98 Å². The van der Waals surface area contributed by atoms with Gasteiger partial charge >= 0.3 is 5.97 Å². The predicted octanol–water partition coefficient (Wildman–Crippen LogP) is 5.53. The number of rotatable bonds is 3. The molecule has 0 amide bonds. The zero-order valence-electron chi connectivity index (χ0n) is 17.8. The number of aromatic nitrogens is 1. The van der Waals surface area contributed by atoms with E-state index < -0.39 is 5.41 Å². The van der Waals surface area contributed by atoms with E-state index in [2.05, 4.69) is 32.7 Å². The second kappa shape index (κ2) is 5.81. The SMILES string of the molecule is C[C@@H]1CCC2C(C)(C)C3CC21CC[C@@]3(C)OC(=O)C(C)(C)c1cccnc1. The lowest BCUT2D eigenvalue weighted by Gasteiger charge is -2.47. The van der Waals surface area contributed by atoms with Crippen LogP contribution in [-0.4, -0.2) is 16.6 Å². The fourth-order valence-electron chi connectivity index (χ4n) is 7.17. The van der Waals surface area contributed by atoms with Crippen LogP contribution in [0.15, 0.2) is 24.5 Å². The quantitative estimate of drug-likeness (QED) is 0.657. The molecule has 3 unspecified atom stereocenters. The third kappa shape index (κ3) is 2.53. The molecule has 0 N–H and O–H groups in total. The first-order valence-electron chi connectivity index (χ1n) is 10.7. The first kappa shape index (κ1) is 19.0. The highest BCUT2D eigenvalue weighted by Crippen LogP contribution is 2.73. The van der Waals surface area contributed by atoms with Crippen molar-refractivity contribution in [3.8, 4) is 0 Å². The molecule has 0 saturated heterocycles. The third-order valence-electron chi connectivity index (χ3n) is 8.99. The highest BCUT2D eigenvalue weighted by molar-refractivity contribution is 5.82. The fourth-order valence-corrected chi connectivity index (χ4v) is 7.17. The van der Waals surface area contributed by atoms with Crippen LogP contribution in [0, 0.1) is 28.6 Å². The van der Waals surface area contributed by atoms with Crippen molar-refractivity contribution in [3.63, 3.8) is 0 Å². The standard InChI is InChI=1S/C24H35NO2/c1-16-9-10-18-22(4,5)19-14-24(16,18)12-11-23(19,6)27-20(26)21(2,3)17-8-7-13-25-15-17/h7-8,13,15-16,18-19H,9-12,14H2,1-6H3/t16-,18?,19?,23-,24?/m1/s1. The average Bonchev–Trinajstić information content (AvgIpc) is 3.05. The summed E-state index contributed by atoms with van der Waals surface area (Å²) in [6.45, 7) is 13.4. The summed E-state index contributed by atoms with van der Waals surface area (Å²) in [5.41, 5.74) is 0.587. The molecule has 5 atom stereocenters. The summed E-state index contributed by atoms with van der Waals surface area (Å²) in [5, 5.41) is 0. The van der Waals surface area contributed by atoms with Gasteiger partial charge in [0.1, 0.15) is 5.60 Å². The molecule has 3 saturated carbocycles. The second-order valence-corrected chi connectivity index (χ2v) is 10.9. The Balaban J connectivity index is 1.61. The van der Waals surface area contributed by atoms with Gasteiger partial charge in [0.15, 0.2) is 0 Å². The highest BCUT2D eigenvalue weighted by atomic mass is 16.6. The average molecular weight is 370 g/mol. The Labute approximate surface area is 164 Å². The Morgan fingerprint density at radius 3 is 2.59 bits per heavy atom. The lowest BCUT2D eigenvalue weighted by atomic mass is 9.64. The molecule has 1 aromatic heterocycles. The van der Waals surface area contributed by atoms with E-state index in [9.17, 15) is 4.79 Å². The minimum atomic E-state index is -0.682. The number of hydrogen-bond acceptors (Lipinski definition) is 3. The summed E-state index contributed by atoms with van der Waals surface area (Å²) in [7, 11) is 0. The van der Waals surface area contributed by atoms with Crippen LogP contribution in [0.25, 0.3) is 0 Å². The molecule has 0 aromatic carbocycles. The van der Waals surface area contributed by atoms with Crippen molar-refractivity contribution in [1.29, 1.82) is 0 Å². The number of ether oxygens (including phenoxy) is 1. The first-order valence-corrected chi connectivity index (χ1v) is 10.7. The maximum atomic E-state index is 13.3. The largest absolute Gasteiger partial charge is 0.458 e. The van der Waals surface area contributed by atoms with Gasteiger partial charge in [-0.2, -0.15) is 0 Å². The van der Waals surface area contributed by atoms with Gasteiger partial charge in [-0.25, -0.2) is 0 Å². The van der Waals surface area contributed by atoms with E-state index in [0.29, 0.717) is 11.3 Å². The number of carbonyl (C=O) groups excluding carboxylic acids is 1. The van der Waals surface area contributed by atoms with E-state index in [-0.39, 0.29) is 17.0 Å². The molecular weight excluding hydrogens is 334 g/mol. The van der Waals surface area contributed by atoms with Gasteiger partial charge in [-0.15, -0.1) is 0 Å².